The molecule has 4 heteroatoms. The zero-order valence-electron chi connectivity index (χ0n) is 13.0. The summed E-state index contributed by atoms with van der Waals surface area (Å²) in [7, 11) is 0. The Balaban J connectivity index is 1.99. The van der Waals surface area contributed by atoms with Gasteiger partial charge in [0.15, 0.2) is 0 Å². The zero-order chi connectivity index (χ0) is 15.8. The van der Waals surface area contributed by atoms with Crippen molar-refractivity contribution in [3.63, 3.8) is 0 Å². The van der Waals surface area contributed by atoms with E-state index in [0.29, 0.717) is 5.75 Å². The van der Waals surface area contributed by atoms with Crippen LogP contribution in [0.4, 0.5) is 0 Å². The Morgan fingerprint density at radius 1 is 1.27 bits per heavy atom. The van der Waals surface area contributed by atoms with E-state index in [1.54, 1.807) is 36.5 Å². The van der Waals surface area contributed by atoms with Crippen molar-refractivity contribution >= 4 is 17.3 Å². The van der Waals surface area contributed by atoms with Crippen LogP contribution in [0.1, 0.15) is 38.0 Å². The fraction of sp³-hybridized carbons (Fsp3) is 0.333. The highest BCUT2D eigenvalue weighted by atomic mass is 32.1. The molecule has 0 N–H and O–H groups in total. The maximum absolute atomic E-state index is 11.4. The molecule has 0 unspecified atom stereocenters. The van der Waals surface area contributed by atoms with E-state index in [9.17, 15) is 4.79 Å². The van der Waals surface area contributed by atoms with Gasteiger partial charge in [0.05, 0.1) is 0 Å². The molecule has 1 aromatic carbocycles. The van der Waals surface area contributed by atoms with Crippen LogP contribution >= 0.6 is 11.3 Å². The first kappa shape index (κ1) is 16.4. The number of carbonyl (C=O) groups excluding carboxylic acids is 1. The Morgan fingerprint density at radius 3 is 2.73 bits per heavy atom. The number of hydrogen-bond acceptors (Lipinski definition) is 4. The molecule has 2 rings (SSSR count). The van der Waals surface area contributed by atoms with Crippen molar-refractivity contribution in [2.45, 2.75) is 39.5 Å². The molecule has 116 valence electrons. The number of nitrogens with zero attached hydrogens (tertiary/aromatic N) is 1. The van der Waals surface area contributed by atoms with Gasteiger partial charge in [-0.05, 0) is 44.0 Å². The van der Waals surface area contributed by atoms with Crippen molar-refractivity contribution in [3.05, 3.63) is 47.5 Å². The van der Waals surface area contributed by atoms with E-state index in [0.717, 1.165) is 17.0 Å². The molecule has 0 radical (unpaired) electrons. The second kappa shape index (κ2) is 8.49. The van der Waals surface area contributed by atoms with Gasteiger partial charge in [-0.15, -0.1) is 11.3 Å². The minimum atomic E-state index is -0.359. The molecule has 0 aliphatic heterocycles. The molecule has 2 aromatic rings. The van der Waals surface area contributed by atoms with Gasteiger partial charge in [0, 0.05) is 22.7 Å². The number of ether oxygens (including phenoxy) is 1. The monoisotopic (exact) mass is 315 g/mol. The summed E-state index contributed by atoms with van der Waals surface area (Å²) in [6.45, 7) is 3.99. The lowest BCUT2D eigenvalue weighted by molar-refractivity contribution is -0.129. The summed E-state index contributed by atoms with van der Waals surface area (Å²) < 4.78 is 5.17. The molecule has 0 bridgehead atoms. The molecule has 0 saturated carbocycles. The van der Waals surface area contributed by atoms with Crippen LogP contribution in [0.25, 0.3) is 10.6 Å². The predicted octanol–water partition coefficient (Wildman–Crippen LogP) is 5.02. The summed E-state index contributed by atoms with van der Waals surface area (Å²) in [6.07, 6.45) is 9.85. The fourth-order valence-corrected chi connectivity index (χ4v) is 3.02. The number of esters is 1. The van der Waals surface area contributed by atoms with Crippen LogP contribution in [0.2, 0.25) is 0 Å². The lowest BCUT2D eigenvalue weighted by Gasteiger charge is -2.02. The van der Waals surface area contributed by atoms with E-state index in [-0.39, 0.29) is 5.97 Å². The van der Waals surface area contributed by atoms with Crippen LogP contribution in [0.5, 0.6) is 5.75 Å². The maximum Gasteiger partial charge on any atom is 0.335 e. The first-order chi connectivity index (χ1) is 10.7. The lowest BCUT2D eigenvalue weighted by atomic mass is 10.2. The molecule has 0 aliphatic rings. The largest absolute Gasteiger partial charge is 0.423 e. The first-order valence-electron chi connectivity index (χ1n) is 7.62. The molecular formula is C18H21NO2S. The molecule has 1 aromatic heterocycles. The SMILES string of the molecule is C/C=C/C(=O)Oc1ccc(-c2ncc(CCCCC)s2)cc1. The summed E-state index contributed by atoms with van der Waals surface area (Å²) >= 11 is 1.73. The minimum Gasteiger partial charge on any atom is -0.423 e. The topological polar surface area (TPSA) is 39.2 Å². The molecule has 22 heavy (non-hydrogen) atoms. The molecule has 0 aliphatic carbocycles. The van der Waals surface area contributed by atoms with Gasteiger partial charge in [-0.25, -0.2) is 9.78 Å². The van der Waals surface area contributed by atoms with Gasteiger partial charge in [-0.1, -0.05) is 25.8 Å². The quantitative estimate of drug-likeness (QED) is 0.311. The van der Waals surface area contributed by atoms with Crippen LogP contribution in [0.3, 0.4) is 0 Å². The summed E-state index contributed by atoms with van der Waals surface area (Å²) in [5.41, 5.74) is 1.05. The zero-order valence-corrected chi connectivity index (χ0v) is 13.9. The summed E-state index contributed by atoms with van der Waals surface area (Å²) in [4.78, 5) is 17.2. The third kappa shape index (κ3) is 4.81. The number of hydrogen-bond donors (Lipinski definition) is 0. The van der Waals surface area contributed by atoms with E-state index in [2.05, 4.69) is 11.9 Å². The second-order valence-corrected chi connectivity index (χ2v) is 6.15. The van der Waals surface area contributed by atoms with Gasteiger partial charge < -0.3 is 4.74 Å². The molecule has 1 heterocycles. The van der Waals surface area contributed by atoms with Crippen LogP contribution in [-0.2, 0) is 11.2 Å². The summed E-state index contributed by atoms with van der Waals surface area (Å²) in [5, 5.41) is 1.01. The van der Waals surface area contributed by atoms with E-state index in [4.69, 9.17) is 4.74 Å². The standard InChI is InChI=1S/C18H21NO2S/c1-3-5-6-8-16-13-19-18(22-16)14-9-11-15(12-10-14)21-17(20)7-4-2/h4,7,9-13H,3,5-6,8H2,1-2H3/b7-4+. The van der Waals surface area contributed by atoms with E-state index in [1.807, 2.05) is 18.3 Å². The van der Waals surface area contributed by atoms with Crippen LogP contribution in [-0.4, -0.2) is 11.0 Å². The fourth-order valence-electron chi connectivity index (χ4n) is 2.06. The summed E-state index contributed by atoms with van der Waals surface area (Å²) in [5.74, 6) is 0.189. The van der Waals surface area contributed by atoms with Gasteiger partial charge in [0.1, 0.15) is 10.8 Å². The normalized spacial score (nSPS) is 11.0. The van der Waals surface area contributed by atoms with Crippen molar-refractivity contribution in [3.8, 4) is 16.3 Å². The minimum absolute atomic E-state index is 0.359. The molecular weight excluding hydrogens is 294 g/mol. The van der Waals surface area contributed by atoms with E-state index >= 15 is 0 Å². The number of carbonyl (C=O) groups is 1. The molecule has 0 spiro atoms. The number of aromatic nitrogens is 1. The Bertz CT molecular complexity index is 629. The lowest BCUT2D eigenvalue weighted by Crippen LogP contribution is -2.03. The van der Waals surface area contributed by atoms with Crippen LogP contribution in [0.15, 0.2) is 42.6 Å². The number of allylic oxidation sites excluding steroid dienone is 1. The van der Waals surface area contributed by atoms with Crippen molar-refractivity contribution < 1.29 is 9.53 Å². The molecule has 0 fully saturated rings. The van der Waals surface area contributed by atoms with Crippen molar-refractivity contribution in [2.24, 2.45) is 0 Å². The van der Waals surface area contributed by atoms with Crippen LogP contribution < -0.4 is 4.74 Å². The number of rotatable bonds is 7. The average Bonchev–Trinajstić information content (AvgIpc) is 2.97. The Hall–Kier alpha value is -1.94. The van der Waals surface area contributed by atoms with E-state index in [1.165, 1.54) is 30.2 Å². The van der Waals surface area contributed by atoms with Crippen molar-refractivity contribution in [1.82, 2.24) is 4.98 Å². The molecule has 0 saturated heterocycles. The van der Waals surface area contributed by atoms with Gasteiger partial charge in [-0.2, -0.15) is 0 Å². The predicted molar refractivity (Wildman–Crippen MR) is 91.2 cm³/mol. The third-order valence-corrected chi connectivity index (χ3v) is 4.31. The first-order valence-corrected chi connectivity index (χ1v) is 8.44. The molecule has 0 atom stereocenters. The maximum atomic E-state index is 11.4. The highest BCUT2D eigenvalue weighted by molar-refractivity contribution is 7.15. The highest BCUT2D eigenvalue weighted by Crippen LogP contribution is 2.27. The van der Waals surface area contributed by atoms with Gasteiger partial charge >= 0.3 is 5.97 Å². The smallest absolute Gasteiger partial charge is 0.335 e. The molecule has 3 nitrogen and oxygen atoms in total. The Labute approximate surface area is 135 Å². The number of unbranched alkanes of at least 4 members (excludes halogenated alkanes) is 2. The second-order valence-electron chi connectivity index (χ2n) is 5.03. The van der Waals surface area contributed by atoms with Crippen LogP contribution in [0, 0.1) is 0 Å². The Morgan fingerprint density at radius 2 is 2.05 bits per heavy atom. The number of aryl methyl sites for hydroxylation is 1. The van der Waals surface area contributed by atoms with E-state index < -0.39 is 0 Å². The van der Waals surface area contributed by atoms with Crippen molar-refractivity contribution in [1.29, 1.82) is 0 Å². The molecule has 0 amide bonds. The van der Waals surface area contributed by atoms with Crippen molar-refractivity contribution in [2.75, 3.05) is 0 Å². The van der Waals surface area contributed by atoms with Gasteiger partial charge in [0.25, 0.3) is 0 Å². The highest BCUT2D eigenvalue weighted by Gasteiger charge is 2.06. The van der Waals surface area contributed by atoms with Gasteiger partial charge in [0.2, 0.25) is 0 Å². The average molecular weight is 315 g/mol. The van der Waals surface area contributed by atoms with Gasteiger partial charge in [-0.3, -0.25) is 0 Å². The number of benzene rings is 1. The Kier molecular flexibility index (Phi) is 6.34. The third-order valence-electron chi connectivity index (χ3n) is 3.20. The summed E-state index contributed by atoms with van der Waals surface area (Å²) in [6, 6.07) is 7.48. The number of thiazole rings is 1.